The van der Waals surface area contributed by atoms with E-state index in [1.165, 1.54) is 38.5 Å². The zero-order chi connectivity index (χ0) is 7.23. The SMILES string of the molecule is CCC1CCCCCC[N]1. The molecule has 1 unspecified atom stereocenters. The van der Waals surface area contributed by atoms with Gasteiger partial charge in [-0.2, -0.15) is 0 Å². The van der Waals surface area contributed by atoms with Crippen molar-refractivity contribution in [2.24, 2.45) is 0 Å². The topological polar surface area (TPSA) is 14.1 Å². The molecule has 0 amide bonds. The molecule has 0 bridgehead atoms. The van der Waals surface area contributed by atoms with Gasteiger partial charge in [0.15, 0.2) is 0 Å². The molecule has 1 radical (unpaired) electrons. The number of hydrogen-bond acceptors (Lipinski definition) is 0. The van der Waals surface area contributed by atoms with Crippen LogP contribution in [0.2, 0.25) is 0 Å². The first kappa shape index (κ1) is 8.06. The van der Waals surface area contributed by atoms with Gasteiger partial charge in [0.05, 0.1) is 0 Å². The third-order valence-corrected chi connectivity index (χ3v) is 2.30. The second kappa shape index (κ2) is 4.73. The maximum absolute atomic E-state index is 4.60. The Labute approximate surface area is 64.2 Å². The van der Waals surface area contributed by atoms with Gasteiger partial charge >= 0.3 is 0 Å². The summed E-state index contributed by atoms with van der Waals surface area (Å²) in [6.45, 7) is 3.37. The smallest absolute Gasteiger partial charge is 0.0243 e. The van der Waals surface area contributed by atoms with Crippen LogP contribution in [0.15, 0.2) is 0 Å². The van der Waals surface area contributed by atoms with Crippen LogP contribution in [0.4, 0.5) is 0 Å². The van der Waals surface area contributed by atoms with Crippen LogP contribution in [0.3, 0.4) is 0 Å². The van der Waals surface area contributed by atoms with E-state index in [9.17, 15) is 0 Å². The Morgan fingerprint density at radius 1 is 1.20 bits per heavy atom. The highest BCUT2D eigenvalue weighted by atomic mass is 14.9. The van der Waals surface area contributed by atoms with Crippen molar-refractivity contribution in [3.8, 4) is 0 Å². The summed E-state index contributed by atoms with van der Waals surface area (Å²) in [6.07, 6.45) is 8.17. The second-order valence-corrected chi connectivity index (χ2v) is 3.17. The van der Waals surface area contributed by atoms with Gasteiger partial charge in [0.25, 0.3) is 0 Å². The van der Waals surface area contributed by atoms with Gasteiger partial charge in [-0.1, -0.05) is 26.2 Å². The van der Waals surface area contributed by atoms with Gasteiger partial charge in [-0.25, -0.2) is 5.32 Å². The van der Waals surface area contributed by atoms with Crippen LogP contribution in [0.1, 0.15) is 45.4 Å². The van der Waals surface area contributed by atoms with Gasteiger partial charge in [-0.05, 0) is 19.3 Å². The van der Waals surface area contributed by atoms with E-state index < -0.39 is 0 Å². The molecule has 59 valence electrons. The van der Waals surface area contributed by atoms with Crippen LogP contribution in [-0.4, -0.2) is 12.6 Å². The van der Waals surface area contributed by atoms with Crippen LogP contribution in [0.25, 0.3) is 0 Å². The Balaban J connectivity index is 2.16. The van der Waals surface area contributed by atoms with Gasteiger partial charge in [-0.3, -0.25) is 0 Å². The van der Waals surface area contributed by atoms with Gasteiger partial charge in [0.2, 0.25) is 0 Å². The molecule has 1 fully saturated rings. The minimum absolute atomic E-state index is 0.695. The number of nitrogens with zero attached hydrogens (tertiary/aromatic N) is 1. The standard InChI is InChI=1S/C9H18N/c1-2-9-7-5-3-4-6-8-10-9/h9H,2-8H2,1H3. The van der Waals surface area contributed by atoms with Crippen molar-refractivity contribution < 1.29 is 0 Å². The van der Waals surface area contributed by atoms with Crippen LogP contribution >= 0.6 is 0 Å². The molecule has 0 aromatic heterocycles. The van der Waals surface area contributed by atoms with Crippen molar-refractivity contribution in [3.63, 3.8) is 0 Å². The molecule has 0 aromatic carbocycles. The van der Waals surface area contributed by atoms with Gasteiger partial charge in [-0.15, -0.1) is 0 Å². The van der Waals surface area contributed by atoms with Gasteiger partial charge < -0.3 is 0 Å². The van der Waals surface area contributed by atoms with E-state index in [4.69, 9.17) is 0 Å². The molecular formula is C9H18N. The molecule has 1 nitrogen and oxygen atoms in total. The summed E-state index contributed by atoms with van der Waals surface area (Å²) in [4.78, 5) is 0. The van der Waals surface area contributed by atoms with Gasteiger partial charge in [0, 0.05) is 12.6 Å². The maximum atomic E-state index is 4.60. The zero-order valence-electron chi connectivity index (χ0n) is 6.97. The molecule has 0 saturated carbocycles. The first-order valence-electron chi connectivity index (χ1n) is 4.60. The van der Waals surface area contributed by atoms with Crippen molar-refractivity contribution in [1.82, 2.24) is 5.32 Å². The molecule has 0 N–H and O–H groups in total. The van der Waals surface area contributed by atoms with E-state index in [0.29, 0.717) is 6.04 Å². The summed E-state index contributed by atoms with van der Waals surface area (Å²) in [5.74, 6) is 0. The molecule has 1 heterocycles. The summed E-state index contributed by atoms with van der Waals surface area (Å²) in [6, 6.07) is 0.695. The quantitative estimate of drug-likeness (QED) is 0.531. The lowest BCUT2D eigenvalue weighted by Crippen LogP contribution is -2.23. The Hall–Kier alpha value is -0.0400. The lowest BCUT2D eigenvalue weighted by molar-refractivity contribution is 0.401. The van der Waals surface area contributed by atoms with Crippen LogP contribution in [0, 0.1) is 0 Å². The Morgan fingerprint density at radius 3 is 2.80 bits per heavy atom. The Bertz CT molecular complexity index is 72.8. The molecule has 1 rings (SSSR count). The third kappa shape index (κ3) is 2.70. The lowest BCUT2D eigenvalue weighted by Gasteiger charge is -2.17. The predicted octanol–water partition coefficient (Wildman–Crippen LogP) is 2.33. The highest BCUT2D eigenvalue weighted by molar-refractivity contribution is 4.66. The van der Waals surface area contributed by atoms with E-state index in [1.54, 1.807) is 0 Å². The highest BCUT2D eigenvalue weighted by Crippen LogP contribution is 2.11. The first-order chi connectivity index (χ1) is 4.93. The summed E-state index contributed by atoms with van der Waals surface area (Å²) >= 11 is 0. The van der Waals surface area contributed by atoms with Crippen molar-refractivity contribution in [2.45, 2.75) is 51.5 Å². The second-order valence-electron chi connectivity index (χ2n) is 3.17. The van der Waals surface area contributed by atoms with E-state index >= 15 is 0 Å². The van der Waals surface area contributed by atoms with Crippen molar-refractivity contribution in [3.05, 3.63) is 0 Å². The molecule has 1 heteroatoms. The summed E-state index contributed by atoms with van der Waals surface area (Å²) in [7, 11) is 0. The fraction of sp³-hybridized carbons (Fsp3) is 1.00. The third-order valence-electron chi connectivity index (χ3n) is 2.30. The molecule has 1 atom stereocenters. The minimum Gasteiger partial charge on any atom is -0.238 e. The lowest BCUT2D eigenvalue weighted by atomic mass is 10.0. The molecule has 0 aromatic rings. The van der Waals surface area contributed by atoms with E-state index in [0.717, 1.165) is 6.54 Å². The maximum Gasteiger partial charge on any atom is 0.0243 e. The van der Waals surface area contributed by atoms with Crippen LogP contribution < -0.4 is 5.32 Å². The molecule has 10 heavy (non-hydrogen) atoms. The summed E-state index contributed by atoms with van der Waals surface area (Å²) in [5.41, 5.74) is 0. The fourth-order valence-corrected chi connectivity index (χ4v) is 1.54. The van der Waals surface area contributed by atoms with Crippen LogP contribution in [0.5, 0.6) is 0 Å². The summed E-state index contributed by atoms with van der Waals surface area (Å²) < 4.78 is 0. The normalized spacial score (nSPS) is 29.1. The molecule has 0 spiro atoms. The van der Waals surface area contributed by atoms with Gasteiger partial charge in [0.1, 0.15) is 0 Å². The van der Waals surface area contributed by atoms with E-state index in [2.05, 4.69) is 12.2 Å². The average Bonchev–Trinajstić information content (AvgIpc) is 1.87. The first-order valence-corrected chi connectivity index (χ1v) is 4.60. The molecule has 0 aliphatic carbocycles. The monoisotopic (exact) mass is 140 g/mol. The largest absolute Gasteiger partial charge is 0.238 e. The minimum atomic E-state index is 0.695. The molecular weight excluding hydrogens is 122 g/mol. The average molecular weight is 140 g/mol. The van der Waals surface area contributed by atoms with Crippen molar-refractivity contribution >= 4 is 0 Å². The summed E-state index contributed by atoms with van der Waals surface area (Å²) in [5, 5.41) is 4.60. The highest BCUT2D eigenvalue weighted by Gasteiger charge is 2.08. The molecule has 1 saturated heterocycles. The Morgan fingerprint density at radius 2 is 2.00 bits per heavy atom. The van der Waals surface area contributed by atoms with Crippen molar-refractivity contribution in [1.29, 1.82) is 0 Å². The predicted molar refractivity (Wildman–Crippen MR) is 44.2 cm³/mol. The number of hydrogen-bond donors (Lipinski definition) is 0. The zero-order valence-corrected chi connectivity index (χ0v) is 6.97. The van der Waals surface area contributed by atoms with E-state index in [1.807, 2.05) is 0 Å². The fourth-order valence-electron chi connectivity index (χ4n) is 1.54. The molecule has 1 aliphatic rings. The van der Waals surface area contributed by atoms with Crippen LogP contribution in [-0.2, 0) is 0 Å². The number of rotatable bonds is 1. The van der Waals surface area contributed by atoms with E-state index in [-0.39, 0.29) is 0 Å². The Kier molecular flexibility index (Phi) is 3.81. The van der Waals surface area contributed by atoms with Crippen molar-refractivity contribution in [2.75, 3.05) is 6.54 Å². The molecule has 1 aliphatic heterocycles.